The van der Waals surface area contributed by atoms with E-state index in [1.165, 1.54) is 0 Å². The van der Waals surface area contributed by atoms with Gasteiger partial charge >= 0.3 is 0 Å². The van der Waals surface area contributed by atoms with Crippen molar-refractivity contribution >= 4 is 0 Å². The zero-order valence-electron chi connectivity index (χ0n) is 14.7. The number of morpholine rings is 1. The van der Waals surface area contributed by atoms with Gasteiger partial charge in [0.05, 0.1) is 31.0 Å². The molecule has 4 atom stereocenters. The molecule has 134 valence electrons. The van der Waals surface area contributed by atoms with E-state index in [-0.39, 0.29) is 12.1 Å². The van der Waals surface area contributed by atoms with Gasteiger partial charge in [-0.3, -0.25) is 9.80 Å². The molecule has 3 aliphatic rings. The molecule has 2 saturated heterocycles. The van der Waals surface area contributed by atoms with E-state index >= 15 is 0 Å². The van der Waals surface area contributed by atoms with E-state index in [1.54, 1.807) is 0 Å². The highest BCUT2D eigenvalue weighted by atomic mass is 16.5. The standard InChI is InChI=1S/C20H27N3O2/c21-11-15-3-1-2-4-16(15)12-22-13-17-9-19(20(24)10-18(17)14-22)23-5-7-25-8-6-23/h1-4,17-20,24H,5-10,12-14H2/t17-,18+,19-,20-/m1/s1. The lowest BCUT2D eigenvalue weighted by molar-refractivity contribution is -0.0520. The first-order valence-corrected chi connectivity index (χ1v) is 9.45. The highest BCUT2D eigenvalue weighted by Gasteiger charge is 2.43. The van der Waals surface area contributed by atoms with Gasteiger partial charge in [0, 0.05) is 38.8 Å². The highest BCUT2D eigenvalue weighted by Crippen LogP contribution is 2.39. The van der Waals surface area contributed by atoms with Crippen molar-refractivity contribution in [3.05, 3.63) is 35.4 Å². The van der Waals surface area contributed by atoms with Gasteiger partial charge in [0.15, 0.2) is 0 Å². The first-order valence-electron chi connectivity index (χ1n) is 9.45. The molecule has 0 bridgehead atoms. The molecule has 1 aromatic carbocycles. The Hall–Kier alpha value is -1.45. The Balaban J connectivity index is 1.40. The predicted molar refractivity (Wildman–Crippen MR) is 94.8 cm³/mol. The van der Waals surface area contributed by atoms with E-state index in [4.69, 9.17) is 4.74 Å². The fourth-order valence-electron chi connectivity index (χ4n) is 4.94. The highest BCUT2D eigenvalue weighted by molar-refractivity contribution is 5.37. The molecular weight excluding hydrogens is 314 g/mol. The summed E-state index contributed by atoms with van der Waals surface area (Å²) in [7, 11) is 0. The molecule has 3 fully saturated rings. The molecule has 0 amide bonds. The molecule has 1 saturated carbocycles. The Morgan fingerprint density at radius 1 is 1.12 bits per heavy atom. The minimum atomic E-state index is -0.217. The molecule has 25 heavy (non-hydrogen) atoms. The van der Waals surface area contributed by atoms with E-state index in [1.807, 2.05) is 18.2 Å². The summed E-state index contributed by atoms with van der Waals surface area (Å²) in [4.78, 5) is 4.90. The number of fused-ring (bicyclic) bond motifs is 1. The van der Waals surface area contributed by atoms with Crippen LogP contribution in [0.1, 0.15) is 24.0 Å². The molecular formula is C20H27N3O2. The van der Waals surface area contributed by atoms with Gasteiger partial charge in [0.1, 0.15) is 0 Å². The normalized spacial score (nSPS) is 33.8. The number of hydrogen-bond acceptors (Lipinski definition) is 5. The number of benzene rings is 1. The van der Waals surface area contributed by atoms with Crippen LogP contribution in [-0.4, -0.2) is 66.4 Å². The van der Waals surface area contributed by atoms with Crippen LogP contribution in [0.4, 0.5) is 0 Å². The summed E-state index contributed by atoms with van der Waals surface area (Å²) >= 11 is 0. The lowest BCUT2D eigenvalue weighted by Crippen LogP contribution is -2.53. The Kier molecular flexibility index (Phi) is 5.05. The van der Waals surface area contributed by atoms with Gasteiger partial charge in [0.25, 0.3) is 0 Å². The minimum absolute atomic E-state index is 0.217. The maximum absolute atomic E-state index is 10.7. The fraction of sp³-hybridized carbons (Fsp3) is 0.650. The van der Waals surface area contributed by atoms with Crippen LogP contribution in [0.5, 0.6) is 0 Å². The van der Waals surface area contributed by atoms with Crippen LogP contribution < -0.4 is 0 Å². The summed E-state index contributed by atoms with van der Waals surface area (Å²) in [6.45, 7) is 6.42. The first kappa shape index (κ1) is 17.0. The van der Waals surface area contributed by atoms with Crippen LogP contribution in [0, 0.1) is 23.2 Å². The van der Waals surface area contributed by atoms with Crippen LogP contribution >= 0.6 is 0 Å². The average molecular weight is 341 g/mol. The fourth-order valence-corrected chi connectivity index (χ4v) is 4.94. The van der Waals surface area contributed by atoms with Crippen molar-refractivity contribution in [2.75, 3.05) is 39.4 Å². The molecule has 5 heteroatoms. The van der Waals surface area contributed by atoms with Crippen molar-refractivity contribution < 1.29 is 9.84 Å². The first-order chi connectivity index (χ1) is 12.2. The van der Waals surface area contributed by atoms with Crippen LogP contribution in [0.25, 0.3) is 0 Å². The Morgan fingerprint density at radius 3 is 2.60 bits per heavy atom. The van der Waals surface area contributed by atoms with Gasteiger partial charge < -0.3 is 9.84 Å². The second kappa shape index (κ2) is 7.43. The van der Waals surface area contributed by atoms with Crippen molar-refractivity contribution in [3.63, 3.8) is 0 Å². The quantitative estimate of drug-likeness (QED) is 0.902. The molecule has 0 radical (unpaired) electrons. The summed E-state index contributed by atoms with van der Waals surface area (Å²) in [6.07, 6.45) is 1.77. The van der Waals surface area contributed by atoms with Crippen LogP contribution in [-0.2, 0) is 11.3 Å². The Bertz CT molecular complexity index is 638. The third-order valence-electron chi connectivity index (χ3n) is 6.23. The number of rotatable bonds is 3. The van der Waals surface area contributed by atoms with E-state index in [9.17, 15) is 10.4 Å². The maximum Gasteiger partial charge on any atom is 0.0995 e. The van der Waals surface area contributed by atoms with E-state index < -0.39 is 0 Å². The molecule has 0 aromatic heterocycles. The summed E-state index contributed by atoms with van der Waals surface area (Å²) in [6, 6.07) is 10.5. The lowest BCUT2D eigenvalue weighted by Gasteiger charge is -2.43. The summed E-state index contributed by atoms with van der Waals surface area (Å²) in [5, 5.41) is 20.0. The van der Waals surface area contributed by atoms with Crippen molar-refractivity contribution in [2.45, 2.75) is 31.5 Å². The van der Waals surface area contributed by atoms with Gasteiger partial charge in [-0.2, -0.15) is 5.26 Å². The third kappa shape index (κ3) is 3.58. The van der Waals surface area contributed by atoms with Crippen LogP contribution in [0.15, 0.2) is 24.3 Å². The zero-order valence-corrected chi connectivity index (χ0v) is 14.7. The van der Waals surface area contributed by atoms with Crippen molar-refractivity contribution in [2.24, 2.45) is 11.8 Å². The number of aliphatic hydroxyl groups excluding tert-OH is 1. The van der Waals surface area contributed by atoms with Gasteiger partial charge in [-0.15, -0.1) is 0 Å². The molecule has 1 N–H and O–H groups in total. The van der Waals surface area contributed by atoms with Crippen molar-refractivity contribution in [1.82, 2.24) is 9.80 Å². The molecule has 2 aliphatic heterocycles. The summed E-state index contributed by atoms with van der Waals surface area (Å²) in [5.41, 5.74) is 1.90. The number of nitriles is 1. The maximum atomic E-state index is 10.7. The van der Waals surface area contributed by atoms with Crippen molar-refractivity contribution in [1.29, 1.82) is 5.26 Å². The summed E-state index contributed by atoms with van der Waals surface area (Å²) < 4.78 is 5.46. The van der Waals surface area contributed by atoms with E-state index in [0.717, 1.165) is 69.9 Å². The average Bonchev–Trinajstić information content (AvgIpc) is 3.03. The minimum Gasteiger partial charge on any atom is -0.391 e. The second-order valence-corrected chi connectivity index (χ2v) is 7.74. The molecule has 1 aromatic rings. The molecule has 1 aliphatic carbocycles. The lowest BCUT2D eigenvalue weighted by atomic mass is 9.77. The SMILES string of the molecule is N#Cc1ccccc1CN1C[C@H]2C[C@@H](N3CCOCC3)[C@H](O)C[C@H]2C1. The number of hydrogen-bond donors (Lipinski definition) is 1. The monoisotopic (exact) mass is 341 g/mol. The number of ether oxygens (including phenoxy) is 1. The Morgan fingerprint density at radius 2 is 1.84 bits per heavy atom. The number of aliphatic hydroxyl groups is 1. The third-order valence-corrected chi connectivity index (χ3v) is 6.23. The van der Waals surface area contributed by atoms with E-state index in [0.29, 0.717) is 11.8 Å². The number of likely N-dealkylation sites (tertiary alicyclic amines) is 1. The van der Waals surface area contributed by atoms with Gasteiger partial charge in [-0.25, -0.2) is 0 Å². The molecule has 0 spiro atoms. The molecule has 4 rings (SSSR count). The predicted octanol–water partition coefficient (Wildman–Crippen LogP) is 1.46. The topological polar surface area (TPSA) is 59.7 Å². The largest absolute Gasteiger partial charge is 0.391 e. The number of nitrogens with zero attached hydrogens (tertiary/aromatic N) is 3. The van der Waals surface area contributed by atoms with Crippen LogP contribution in [0.3, 0.4) is 0 Å². The smallest absolute Gasteiger partial charge is 0.0995 e. The molecule has 2 heterocycles. The van der Waals surface area contributed by atoms with Gasteiger partial charge in [-0.05, 0) is 36.3 Å². The van der Waals surface area contributed by atoms with Crippen molar-refractivity contribution in [3.8, 4) is 6.07 Å². The van der Waals surface area contributed by atoms with Gasteiger partial charge in [-0.1, -0.05) is 18.2 Å². The van der Waals surface area contributed by atoms with E-state index in [2.05, 4.69) is 21.9 Å². The van der Waals surface area contributed by atoms with Crippen LogP contribution in [0.2, 0.25) is 0 Å². The van der Waals surface area contributed by atoms with Gasteiger partial charge in [0.2, 0.25) is 0 Å². The second-order valence-electron chi connectivity index (χ2n) is 7.74. The molecule has 5 nitrogen and oxygen atoms in total. The zero-order chi connectivity index (χ0) is 17.2. The Labute approximate surface area is 149 Å². The summed E-state index contributed by atoms with van der Waals surface area (Å²) in [5.74, 6) is 1.24. The molecule has 0 unspecified atom stereocenters.